The van der Waals surface area contributed by atoms with E-state index in [-0.39, 0.29) is 6.79 Å². The van der Waals surface area contributed by atoms with Gasteiger partial charge in [-0.3, -0.25) is 0 Å². The van der Waals surface area contributed by atoms with E-state index in [0.29, 0.717) is 23.9 Å². The second kappa shape index (κ2) is 8.53. The van der Waals surface area contributed by atoms with Gasteiger partial charge in [0.2, 0.25) is 6.79 Å². The Balaban J connectivity index is 1.82. The van der Waals surface area contributed by atoms with Crippen LogP contribution in [0.3, 0.4) is 0 Å². The molecular formula is C15H20N2O6S. The SMILES string of the molecule is CCCCOC(=O)N(C)SN(C)C(=O)Oc1ccc2c(c1)OCO2. The fraction of sp³-hybridized carbons (Fsp3) is 0.467. The fourth-order valence-electron chi connectivity index (χ4n) is 1.75. The van der Waals surface area contributed by atoms with E-state index in [1.54, 1.807) is 18.2 Å². The zero-order valence-corrected chi connectivity index (χ0v) is 14.6. The molecule has 0 aliphatic carbocycles. The van der Waals surface area contributed by atoms with Crippen LogP contribution in [0.25, 0.3) is 0 Å². The molecule has 9 heteroatoms. The number of unbranched alkanes of at least 4 members (excludes halogenated alkanes) is 1. The minimum atomic E-state index is -0.632. The first kappa shape index (κ1) is 18.1. The molecule has 1 aliphatic heterocycles. The van der Waals surface area contributed by atoms with Crippen LogP contribution in [0.2, 0.25) is 0 Å². The first-order valence-electron chi connectivity index (χ1n) is 7.45. The van der Waals surface area contributed by atoms with Crippen molar-refractivity contribution in [1.82, 2.24) is 8.61 Å². The summed E-state index contributed by atoms with van der Waals surface area (Å²) in [5, 5.41) is 0. The van der Waals surface area contributed by atoms with Gasteiger partial charge in [-0.2, -0.15) is 0 Å². The normalized spacial score (nSPS) is 11.8. The molecule has 0 aromatic heterocycles. The number of rotatable bonds is 6. The number of hydrogen-bond acceptors (Lipinski definition) is 7. The van der Waals surface area contributed by atoms with Crippen LogP contribution in [0.15, 0.2) is 18.2 Å². The highest BCUT2D eigenvalue weighted by Gasteiger charge is 2.20. The molecule has 0 fully saturated rings. The van der Waals surface area contributed by atoms with Gasteiger partial charge in [0.1, 0.15) is 5.75 Å². The van der Waals surface area contributed by atoms with Gasteiger partial charge in [0, 0.05) is 20.2 Å². The van der Waals surface area contributed by atoms with Gasteiger partial charge in [0.05, 0.1) is 18.7 Å². The van der Waals surface area contributed by atoms with Crippen molar-refractivity contribution in [3.63, 3.8) is 0 Å². The van der Waals surface area contributed by atoms with Crippen molar-refractivity contribution in [3.8, 4) is 17.2 Å². The predicted octanol–water partition coefficient (Wildman–Crippen LogP) is 3.28. The van der Waals surface area contributed by atoms with Crippen LogP contribution >= 0.6 is 12.1 Å². The third kappa shape index (κ3) is 4.85. The van der Waals surface area contributed by atoms with Gasteiger partial charge in [-0.05, 0) is 18.6 Å². The summed E-state index contributed by atoms with van der Waals surface area (Å²) in [4.78, 5) is 23.8. The maximum atomic E-state index is 12.1. The van der Waals surface area contributed by atoms with Crippen molar-refractivity contribution in [2.75, 3.05) is 27.5 Å². The summed E-state index contributed by atoms with van der Waals surface area (Å²) in [5.74, 6) is 1.45. The molecular weight excluding hydrogens is 336 g/mol. The zero-order valence-electron chi connectivity index (χ0n) is 13.8. The summed E-state index contributed by atoms with van der Waals surface area (Å²) in [6.45, 7) is 2.51. The van der Waals surface area contributed by atoms with E-state index in [2.05, 4.69) is 0 Å². The molecule has 0 radical (unpaired) electrons. The lowest BCUT2D eigenvalue weighted by molar-refractivity contribution is 0.130. The van der Waals surface area contributed by atoms with Crippen LogP contribution in [-0.4, -0.2) is 48.3 Å². The topological polar surface area (TPSA) is 77.5 Å². The molecule has 0 atom stereocenters. The van der Waals surface area contributed by atoms with E-state index in [0.717, 1.165) is 25.0 Å². The minimum absolute atomic E-state index is 0.146. The van der Waals surface area contributed by atoms with Gasteiger partial charge >= 0.3 is 12.2 Å². The molecule has 132 valence electrons. The summed E-state index contributed by atoms with van der Waals surface area (Å²) in [7, 11) is 3.01. The van der Waals surface area contributed by atoms with Gasteiger partial charge in [-0.25, -0.2) is 18.2 Å². The van der Waals surface area contributed by atoms with Crippen LogP contribution in [-0.2, 0) is 4.74 Å². The van der Waals surface area contributed by atoms with Crippen LogP contribution in [0.5, 0.6) is 17.2 Å². The second-order valence-electron chi connectivity index (χ2n) is 4.93. The van der Waals surface area contributed by atoms with E-state index >= 15 is 0 Å². The monoisotopic (exact) mass is 356 g/mol. The third-order valence-corrected chi connectivity index (χ3v) is 3.82. The highest BCUT2D eigenvalue weighted by atomic mass is 32.2. The lowest BCUT2D eigenvalue weighted by Gasteiger charge is -2.21. The number of benzene rings is 1. The molecule has 0 N–H and O–H groups in total. The van der Waals surface area contributed by atoms with E-state index in [1.165, 1.54) is 22.7 Å². The summed E-state index contributed by atoms with van der Waals surface area (Å²) in [6.07, 6.45) is 0.584. The number of carbonyl (C=O) groups is 2. The molecule has 1 aromatic rings. The molecule has 0 saturated heterocycles. The van der Waals surface area contributed by atoms with E-state index in [9.17, 15) is 9.59 Å². The Morgan fingerprint density at radius 3 is 2.62 bits per heavy atom. The fourth-order valence-corrected chi connectivity index (χ4v) is 2.34. The molecule has 2 rings (SSSR count). The Kier molecular flexibility index (Phi) is 6.42. The average molecular weight is 356 g/mol. The first-order chi connectivity index (χ1) is 11.5. The molecule has 0 unspecified atom stereocenters. The van der Waals surface area contributed by atoms with Crippen LogP contribution in [0.4, 0.5) is 9.59 Å². The Labute approximate surface area is 144 Å². The number of amides is 2. The number of ether oxygens (including phenoxy) is 4. The van der Waals surface area contributed by atoms with E-state index in [4.69, 9.17) is 18.9 Å². The molecule has 2 amide bonds. The summed E-state index contributed by atoms with van der Waals surface area (Å²) in [5.41, 5.74) is 0. The zero-order chi connectivity index (χ0) is 17.5. The van der Waals surface area contributed by atoms with Gasteiger partial charge in [0.15, 0.2) is 11.5 Å². The Bertz CT molecular complexity index is 597. The maximum absolute atomic E-state index is 12.1. The highest BCUT2D eigenvalue weighted by Crippen LogP contribution is 2.35. The third-order valence-electron chi connectivity index (χ3n) is 3.03. The number of fused-ring (bicyclic) bond motifs is 1. The lowest BCUT2D eigenvalue weighted by atomic mass is 10.3. The minimum Gasteiger partial charge on any atom is -0.454 e. The number of hydrogen-bond donors (Lipinski definition) is 0. The van der Waals surface area contributed by atoms with E-state index < -0.39 is 12.2 Å². The van der Waals surface area contributed by atoms with E-state index in [1.807, 2.05) is 6.92 Å². The number of carbonyl (C=O) groups excluding carboxylic acids is 2. The molecule has 1 aromatic carbocycles. The standard InChI is InChI=1S/C15H20N2O6S/c1-4-5-8-20-14(18)16(2)24-17(3)15(19)23-11-6-7-12-13(9-11)22-10-21-12/h6-7,9H,4-5,8,10H2,1-3H3. The molecule has 24 heavy (non-hydrogen) atoms. The highest BCUT2D eigenvalue weighted by molar-refractivity contribution is 7.95. The predicted molar refractivity (Wildman–Crippen MR) is 88.0 cm³/mol. The number of nitrogens with zero attached hydrogens (tertiary/aromatic N) is 2. The average Bonchev–Trinajstić information content (AvgIpc) is 3.02. The molecule has 0 saturated carbocycles. The van der Waals surface area contributed by atoms with Gasteiger partial charge in [0.25, 0.3) is 0 Å². The first-order valence-corrected chi connectivity index (χ1v) is 8.18. The lowest BCUT2D eigenvalue weighted by Crippen LogP contribution is -2.31. The Morgan fingerprint density at radius 2 is 1.88 bits per heavy atom. The molecule has 1 heterocycles. The van der Waals surface area contributed by atoms with Crippen molar-refractivity contribution in [2.24, 2.45) is 0 Å². The summed E-state index contributed by atoms with van der Waals surface area (Å²) in [6, 6.07) is 4.84. The Hall–Kier alpha value is -2.29. The molecule has 8 nitrogen and oxygen atoms in total. The van der Waals surface area contributed by atoms with Crippen LogP contribution < -0.4 is 14.2 Å². The van der Waals surface area contributed by atoms with Crippen molar-refractivity contribution >= 4 is 24.3 Å². The molecule has 0 spiro atoms. The van der Waals surface area contributed by atoms with Gasteiger partial charge in [-0.1, -0.05) is 13.3 Å². The quantitative estimate of drug-likeness (QED) is 0.572. The maximum Gasteiger partial charge on any atom is 0.426 e. The van der Waals surface area contributed by atoms with Crippen LogP contribution in [0.1, 0.15) is 19.8 Å². The Morgan fingerprint density at radius 1 is 1.17 bits per heavy atom. The molecule has 1 aliphatic rings. The second-order valence-corrected chi connectivity index (χ2v) is 6.19. The summed E-state index contributed by atoms with van der Waals surface area (Å²) < 4.78 is 23.1. The van der Waals surface area contributed by atoms with Crippen molar-refractivity contribution in [2.45, 2.75) is 19.8 Å². The smallest absolute Gasteiger partial charge is 0.426 e. The van der Waals surface area contributed by atoms with Gasteiger partial charge < -0.3 is 18.9 Å². The van der Waals surface area contributed by atoms with Crippen molar-refractivity contribution in [3.05, 3.63) is 18.2 Å². The van der Waals surface area contributed by atoms with Crippen LogP contribution in [0, 0.1) is 0 Å². The van der Waals surface area contributed by atoms with Crippen molar-refractivity contribution < 1.29 is 28.5 Å². The van der Waals surface area contributed by atoms with Gasteiger partial charge in [-0.15, -0.1) is 0 Å². The van der Waals surface area contributed by atoms with Crippen molar-refractivity contribution in [1.29, 1.82) is 0 Å². The summed E-state index contributed by atoms with van der Waals surface area (Å²) >= 11 is 0.880. The molecule has 0 bridgehead atoms. The largest absolute Gasteiger partial charge is 0.454 e.